The second-order valence-corrected chi connectivity index (χ2v) is 7.24. The summed E-state index contributed by atoms with van der Waals surface area (Å²) in [7, 11) is 0. The van der Waals surface area contributed by atoms with Crippen molar-refractivity contribution in [2.24, 2.45) is 0 Å². The monoisotopic (exact) mass is 287 g/mol. The van der Waals surface area contributed by atoms with E-state index in [1.165, 1.54) is 0 Å². The third-order valence-corrected chi connectivity index (χ3v) is 4.98. The first-order valence-electron chi connectivity index (χ1n) is 5.85. The summed E-state index contributed by atoms with van der Waals surface area (Å²) in [6, 6.07) is -0.196. The standard InChI is InChI=1S/C12H21N3OS2/c1-8-6-18-10(14-8)9(2)15-11(16)13-7-12(3,4)17-5/h6,9H,7H2,1-5H3,(H2,13,15,16)/t9-/m0/s1. The maximum Gasteiger partial charge on any atom is 0.315 e. The van der Waals surface area contributed by atoms with Crippen molar-refractivity contribution in [1.29, 1.82) is 0 Å². The number of nitrogens with zero attached hydrogens (tertiary/aromatic N) is 1. The first kappa shape index (κ1) is 15.3. The van der Waals surface area contributed by atoms with E-state index in [4.69, 9.17) is 0 Å². The molecule has 0 aliphatic heterocycles. The molecule has 102 valence electrons. The molecular weight excluding hydrogens is 266 g/mol. The molecule has 1 rings (SSSR count). The second kappa shape index (κ2) is 6.43. The molecule has 2 N–H and O–H groups in total. The largest absolute Gasteiger partial charge is 0.337 e. The number of urea groups is 1. The van der Waals surface area contributed by atoms with Gasteiger partial charge in [-0.15, -0.1) is 11.3 Å². The van der Waals surface area contributed by atoms with Crippen LogP contribution in [0.5, 0.6) is 0 Å². The number of thiazole rings is 1. The van der Waals surface area contributed by atoms with E-state index in [2.05, 4.69) is 29.5 Å². The third-order valence-electron chi connectivity index (χ3n) is 2.58. The van der Waals surface area contributed by atoms with E-state index in [0.29, 0.717) is 6.54 Å². The van der Waals surface area contributed by atoms with Gasteiger partial charge in [0.05, 0.1) is 6.04 Å². The number of rotatable bonds is 5. The van der Waals surface area contributed by atoms with Crippen LogP contribution in [0.4, 0.5) is 4.79 Å². The highest BCUT2D eigenvalue weighted by molar-refractivity contribution is 7.99. The summed E-state index contributed by atoms with van der Waals surface area (Å²) < 4.78 is 0.0539. The summed E-state index contributed by atoms with van der Waals surface area (Å²) in [6.07, 6.45) is 2.04. The molecule has 0 spiro atoms. The van der Waals surface area contributed by atoms with Crippen molar-refractivity contribution in [2.45, 2.75) is 38.5 Å². The maximum atomic E-state index is 11.7. The van der Waals surface area contributed by atoms with E-state index >= 15 is 0 Å². The molecule has 0 aliphatic rings. The molecule has 0 saturated heterocycles. The Labute approximate surface area is 117 Å². The average Bonchev–Trinajstić information content (AvgIpc) is 2.73. The fraction of sp³-hybridized carbons (Fsp3) is 0.667. The number of aryl methyl sites for hydroxylation is 1. The van der Waals surface area contributed by atoms with E-state index < -0.39 is 0 Å². The van der Waals surface area contributed by atoms with Gasteiger partial charge in [-0.2, -0.15) is 11.8 Å². The summed E-state index contributed by atoms with van der Waals surface area (Å²) in [5.41, 5.74) is 0.993. The van der Waals surface area contributed by atoms with Crippen LogP contribution in [0.1, 0.15) is 37.5 Å². The lowest BCUT2D eigenvalue weighted by Gasteiger charge is -2.23. The van der Waals surface area contributed by atoms with Crippen LogP contribution in [0, 0.1) is 6.92 Å². The minimum atomic E-state index is -0.141. The number of aromatic nitrogens is 1. The second-order valence-electron chi connectivity index (χ2n) is 4.84. The number of carbonyl (C=O) groups is 1. The van der Waals surface area contributed by atoms with Crippen molar-refractivity contribution in [3.8, 4) is 0 Å². The van der Waals surface area contributed by atoms with Crippen molar-refractivity contribution in [1.82, 2.24) is 15.6 Å². The highest BCUT2D eigenvalue weighted by atomic mass is 32.2. The number of amides is 2. The van der Waals surface area contributed by atoms with Crippen molar-refractivity contribution in [3.05, 3.63) is 16.1 Å². The highest BCUT2D eigenvalue weighted by Gasteiger charge is 2.18. The number of thioether (sulfide) groups is 1. The Morgan fingerprint density at radius 2 is 2.28 bits per heavy atom. The van der Waals surface area contributed by atoms with Gasteiger partial charge in [-0.3, -0.25) is 0 Å². The Bertz CT molecular complexity index is 404. The summed E-state index contributed by atoms with van der Waals surface area (Å²) in [6.45, 7) is 8.74. The normalized spacial score (nSPS) is 13.2. The van der Waals surface area contributed by atoms with Gasteiger partial charge in [0.25, 0.3) is 0 Å². The lowest BCUT2D eigenvalue weighted by Crippen LogP contribution is -2.42. The van der Waals surface area contributed by atoms with Crippen LogP contribution in [0.2, 0.25) is 0 Å². The summed E-state index contributed by atoms with van der Waals surface area (Å²) in [5.74, 6) is 0. The van der Waals surface area contributed by atoms with E-state index in [0.717, 1.165) is 10.7 Å². The Morgan fingerprint density at radius 3 is 2.78 bits per heavy atom. The predicted octanol–water partition coefficient (Wildman–Crippen LogP) is 2.95. The zero-order chi connectivity index (χ0) is 13.8. The van der Waals surface area contributed by atoms with Crippen LogP contribution < -0.4 is 10.6 Å². The Balaban J connectivity index is 2.41. The molecule has 0 unspecified atom stereocenters. The molecule has 0 aromatic carbocycles. The van der Waals surface area contributed by atoms with Crippen molar-refractivity contribution in [2.75, 3.05) is 12.8 Å². The molecular formula is C12H21N3OS2. The van der Waals surface area contributed by atoms with E-state index in [1.807, 2.05) is 25.5 Å². The molecule has 0 radical (unpaired) electrons. The van der Waals surface area contributed by atoms with Gasteiger partial charge in [-0.1, -0.05) is 0 Å². The number of nitrogens with one attached hydrogen (secondary N) is 2. The van der Waals surface area contributed by atoms with Crippen LogP contribution in [0.15, 0.2) is 5.38 Å². The third kappa shape index (κ3) is 4.86. The molecule has 2 amide bonds. The smallest absolute Gasteiger partial charge is 0.315 e. The molecule has 1 aromatic heterocycles. The predicted molar refractivity (Wildman–Crippen MR) is 79.4 cm³/mol. The fourth-order valence-electron chi connectivity index (χ4n) is 1.25. The molecule has 0 aliphatic carbocycles. The molecule has 0 saturated carbocycles. The van der Waals surface area contributed by atoms with Gasteiger partial charge in [0.15, 0.2) is 0 Å². The van der Waals surface area contributed by atoms with Crippen LogP contribution >= 0.6 is 23.1 Å². The lowest BCUT2D eigenvalue weighted by molar-refractivity contribution is 0.237. The molecule has 1 atom stereocenters. The summed E-state index contributed by atoms with van der Waals surface area (Å²) in [5, 5.41) is 8.71. The minimum Gasteiger partial charge on any atom is -0.337 e. The summed E-state index contributed by atoms with van der Waals surface area (Å²) in [4.78, 5) is 16.1. The Morgan fingerprint density at radius 1 is 1.61 bits per heavy atom. The van der Waals surface area contributed by atoms with Gasteiger partial charge in [-0.05, 0) is 34.0 Å². The van der Waals surface area contributed by atoms with Gasteiger partial charge in [0.2, 0.25) is 0 Å². The van der Waals surface area contributed by atoms with Gasteiger partial charge < -0.3 is 10.6 Å². The van der Waals surface area contributed by atoms with E-state index in [-0.39, 0.29) is 16.8 Å². The number of hydrogen-bond acceptors (Lipinski definition) is 4. The average molecular weight is 287 g/mol. The first-order valence-corrected chi connectivity index (χ1v) is 7.96. The van der Waals surface area contributed by atoms with Crippen LogP contribution in [-0.2, 0) is 0 Å². The van der Waals surface area contributed by atoms with Crippen LogP contribution in [-0.4, -0.2) is 28.6 Å². The van der Waals surface area contributed by atoms with Crippen LogP contribution in [0.3, 0.4) is 0 Å². The van der Waals surface area contributed by atoms with E-state index in [9.17, 15) is 4.79 Å². The highest BCUT2D eigenvalue weighted by Crippen LogP contribution is 2.20. The number of carbonyl (C=O) groups excluding carboxylic acids is 1. The summed E-state index contributed by atoms with van der Waals surface area (Å²) >= 11 is 3.30. The molecule has 6 heteroatoms. The molecule has 18 heavy (non-hydrogen) atoms. The maximum absolute atomic E-state index is 11.7. The van der Waals surface area contributed by atoms with Crippen LogP contribution in [0.25, 0.3) is 0 Å². The minimum absolute atomic E-state index is 0.0539. The molecule has 0 fully saturated rings. The Kier molecular flexibility index (Phi) is 5.47. The molecule has 4 nitrogen and oxygen atoms in total. The molecule has 1 aromatic rings. The molecule has 1 heterocycles. The topological polar surface area (TPSA) is 54.0 Å². The van der Waals surface area contributed by atoms with Crippen molar-refractivity contribution in [3.63, 3.8) is 0 Å². The first-order chi connectivity index (χ1) is 8.34. The zero-order valence-corrected chi connectivity index (χ0v) is 13.2. The SMILES string of the molecule is CSC(C)(C)CNC(=O)N[C@@H](C)c1nc(C)cs1. The fourth-order valence-corrected chi connectivity index (χ4v) is 2.27. The Hall–Kier alpha value is -0.750. The molecule has 0 bridgehead atoms. The quantitative estimate of drug-likeness (QED) is 0.875. The number of hydrogen-bond donors (Lipinski definition) is 2. The zero-order valence-electron chi connectivity index (χ0n) is 11.5. The van der Waals surface area contributed by atoms with Gasteiger partial charge >= 0.3 is 6.03 Å². The van der Waals surface area contributed by atoms with Gasteiger partial charge in [0.1, 0.15) is 5.01 Å². The van der Waals surface area contributed by atoms with Crippen molar-refractivity contribution >= 4 is 29.1 Å². The lowest BCUT2D eigenvalue weighted by atomic mass is 10.2. The van der Waals surface area contributed by atoms with Gasteiger partial charge in [0, 0.05) is 22.4 Å². The van der Waals surface area contributed by atoms with Crippen molar-refractivity contribution < 1.29 is 4.79 Å². The van der Waals surface area contributed by atoms with Gasteiger partial charge in [-0.25, -0.2) is 9.78 Å². The van der Waals surface area contributed by atoms with E-state index in [1.54, 1.807) is 23.1 Å².